The Morgan fingerprint density at radius 1 is 0.122 bits per heavy atom. The summed E-state index contributed by atoms with van der Waals surface area (Å²) < 4.78 is 0. The van der Waals surface area contributed by atoms with Gasteiger partial charge in [0.15, 0.2) is 0 Å². The van der Waals surface area contributed by atoms with Crippen LogP contribution in [0.3, 0.4) is 0 Å². The van der Waals surface area contributed by atoms with Crippen molar-refractivity contribution in [2.24, 2.45) is 0 Å². The molecule has 0 amide bonds. The monoisotopic (exact) mass is 1560 g/mol. The molecule has 0 heterocycles. The minimum absolute atomic E-state index is 0.0486. The van der Waals surface area contributed by atoms with E-state index in [0.29, 0.717) is 0 Å². The molecule has 0 saturated heterocycles. The lowest BCUT2D eigenvalue weighted by atomic mass is 9.80. The van der Waals surface area contributed by atoms with Gasteiger partial charge in [0.1, 0.15) is 0 Å². The Kier molecular flexibility index (Phi) is 16.2. The van der Waals surface area contributed by atoms with Gasteiger partial charge in [-0.15, -0.1) is 0 Å². The molecule has 0 heteroatoms. The van der Waals surface area contributed by atoms with Crippen LogP contribution in [0.1, 0.15) is 74.9 Å². The molecular weight excluding hydrogens is 1480 g/mol. The molecule has 578 valence electrons. The molecule has 0 N–H and O–H groups in total. The molecule has 0 atom stereocenters. The fourth-order valence-electron chi connectivity index (χ4n) is 22.2. The fraction of sp³-hybridized carbons (Fsp3) is 0.0732. The zero-order valence-corrected chi connectivity index (χ0v) is 69.8. The first kappa shape index (κ1) is 72.2. The Labute approximate surface area is 718 Å². The molecule has 0 radical (unpaired) electrons. The molecule has 0 fully saturated rings. The summed E-state index contributed by atoms with van der Waals surface area (Å²) in [6.45, 7) is 14.2. The lowest BCUT2D eigenvalue weighted by Crippen LogP contribution is -2.14. The van der Waals surface area contributed by atoms with Gasteiger partial charge in [0, 0.05) is 16.2 Å². The number of hydrogen-bond acceptors (Lipinski definition) is 0. The van der Waals surface area contributed by atoms with E-state index in [1.807, 2.05) is 0 Å². The SMILES string of the molecule is CC1(C)c2ccccc2-c2cc(-c3c4ccccc4c(-c4ccc(-c5cc6ccccc6c6ccccc56)cc4)c4ccc(-c5ccc6ccccc6c5)cc34)ccc21.CC1(C)c2ccccc2-c2cc(-c3c4ccccc4c(-c4ccc(-c5ccc6c(c5)C(C)(C)c5ccccc5-6)c5ccccc45)c4ccc(-c5ccc6ccccc6c5)cc34)ccc21. The van der Waals surface area contributed by atoms with Crippen molar-refractivity contribution in [2.75, 3.05) is 0 Å². The summed E-state index contributed by atoms with van der Waals surface area (Å²) >= 11 is 0. The quantitative estimate of drug-likeness (QED) is 0.105. The lowest BCUT2D eigenvalue weighted by molar-refractivity contribution is 0.660. The number of hydrogen-bond donors (Lipinski definition) is 0. The second-order valence-electron chi connectivity index (χ2n) is 36.0. The number of rotatable bonds is 8. The van der Waals surface area contributed by atoms with Crippen LogP contribution < -0.4 is 0 Å². The van der Waals surface area contributed by atoms with Crippen LogP contribution in [0.25, 0.3) is 219 Å². The van der Waals surface area contributed by atoms with E-state index in [2.05, 4.69) is 454 Å². The summed E-state index contributed by atoms with van der Waals surface area (Å²) in [5, 5.41) is 22.8. The maximum atomic E-state index is 2.48. The molecule has 0 saturated carbocycles. The van der Waals surface area contributed by atoms with Crippen molar-refractivity contribution < 1.29 is 0 Å². The molecule has 3 aliphatic rings. The largest absolute Gasteiger partial charge is 0.0619 e. The molecule has 123 heavy (non-hydrogen) atoms. The fourth-order valence-corrected chi connectivity index (χ4v) is 22.2. The molecule has 22 aromatic carbocycles. The van der Waals surface area contributed by atoms with Gasteiger partial charge in [-0.1, -0.05) is 406 Å². The van der Waals surface area contributed by atoms with E-state index in [1.165, 1.54) is 253 Å². The third-order valence-electron chi connectivity index (χ3n) is 28.3. The van der Waals surface area contributed by atoms with Crippen molar-refractivity contribution >= 4 is 97.0 Å². The van der Waals surface area contributed by atoms with Crippen molar-refractivity contribution in [1.82, 2.24) is 0 Å². The van der Waals surface area contributed by atoms with E-state index in [0.717, 1.165) is 0 Å². The highest BCUT2D eigenvalue weighted by Gasteiger charge is 2.39. The minimum atomic E-state index is -0.0681. The van der Waals surface area contributed by atoms with Crippen LogP contribution in [0.15, 0.2) is 413 Å². The Bertz CT molecular complexity index is 8260. The molecular formula is C123H86. The highest BCUT2D eigenvalue weighted by molar-refractivity contribution is 6.26. The Morgan fingerprint density at radius 2 is 0.431 bits per heavy atom. The maximum Gasteiger partial charge on any atom is 0.0159 e. The van der Waals surface area contributed by atoms with Crippen LogP contribution in [-0.2, 0) is 16.2 Å². The van der Waals surface area contributed by atoms with E-state index in [4.69, 9.17) is 0 Å². The van der Waals surface area contributed by atoms with Crippen LogP contribution in [0.4, 0.5) is 0 Å². The van der Waals surface area contributed by atoms with Gasteiger partial charge < -0.3 is 0 Å². The number of fused-ring (bicyclic) bond motifs is 19. The summed E-state index contributed by atoms with van der Waals surface area (Å²) in [4.78, 5) is 0. The van der Waals surface area contributed by atoms with Gasteiger partial charge in [0.25, 0.3) is 0 Å². The summed E-state index contributed by atoms with van der Waals surface area (Å²) in [7, 11) is 0. The zero-order valence-electron chi connectivity index (χ0n) is 69.8. The standard InChI is InChI=1S/C64H46.C59H40/c1-63(2)58-24-14-12-20-49(58)55-37-44(29-34-59(55)63)61-51-21-9-10-22-52(51)62(54-31-27-42(36-56(54)61)41-26-25-39-15-5-6-16-40(39)35-41)53-33-32-45(46-17-7-8-18-47(46)53)43-28-30-50-48-19-11-13-23-57(48)64(3,4)60(50)38-43;1-59(2)55-22-12-11-19-48(55)53-36-44(30-32-56(53)59)58-50-21-10-9-20-49(50)57(51-31-29-42(34-54(51)58)41-28-23-37-13-3-4-14-40(37)33-41)39-26-24-38(25-27-39)52-35-43-15-5-6-16-45(43)46-17-7-8-18-47(46)52/h5-38H,1-4H3;3-36H,1-2H3. The van der Waals surface area contributed by atoms with Crippen molar-refractivity contribution in [1.29, 1.82) is 0 Å². The first-order valence-corrected chi connectivity index (χ1v) is 43.5. The van der Waals surface area contributed by atoms with Crippen LogP contribution >= 0.6 is 0 Å². The Balaban J connectivity index is 0.000000139. The average molecular weight is 1560 g/mol. The molecule has 0 aliphatic heterocycles. The predicted octanol–water partition coefficient (Wildman–Crippen LogP) is 34.0. The average Bonchev–Trinajstić information content (AvgIpc) is 1.69. The summed E-state index contributed by atoms with van der Waals surface area (Å²) in [5.74, 6) is 0. The normalized spacial score (nSPS) is 13.6. The van der Waals surface area contributed by atoms with E-state index >= 15 is 0 Å². The van der Waals surface area contributed by atoms with Gasteiger partial charge in [0.05, 0.1) is 0 Å². The molecule has 3 aliphatic carbocycles. The van der Waals surface area contributed by atoms with E-state index in [-0.39, 0.29) is 16.2 Å². The summed E-state index contributed by atoms with van der Waals surface area (Å²) in [5.41, 5.74) is 36.2. The Hall–Kier alpha value is -14.8. The third-order valence-corrected chi connectivity index (χ3v) is 28.3. The minimum Gasteiger partial charge on any atom is -0.0619 e. The molecule has 0 nitrogen and oxygen atoms in total. The van der Waals surface area contributed by atoms with E-state index in [9.17, 15) is 0 Å². The van der Waals surface area contributed by atoms with Gasteiger partial charge in [-0.3, -0.25) is 0 Å². The smallest absolute Gasteiger partial charge is 0.0159 e. The van der Waals surface area contributed by atoms with Gasteiger partial charge in [-0.2, -0.15) is 0 Å². The molecule has 0 aromatic heterocycles. The van der Waals surface area contributed by atoms with Gasteiger partial charge >= 0.3 is 0 Å². The maximum absolute atomic E-state index is 2.48. The molecule has 0 unspecified atom stereocenters. The molecule has 0 bridgehead atoms. The van der Waals surface area contributed by atoms with Crippen molar-refractivity contribution in [3.63, 3.8) is 0 Å². The van der Waals surface area contributed by atoms with Gasteiger partial charge in [-0.25, -0.2) is 0 Å². The Morgan fingerprint density at radius 3 is 0.951 bits per heavy atom. The summed E-state index contributed by atoms with van der Waals surface area (Å²) in [6.07, 6.45) is 0. The first-order valence-electron chi connectivity index (χ1n) is 43.5. The summed E-state index contributed by atoms with van der Waals surface area (Å²) in [6, 6.07) is 155. The van der Waals surface area contributed by atoms with E-state index in [1.54, 1.807) is 0 Å². The third kappa shape index (κ3) is 11.2. The molecule has 25 rings (SSSR count). The van der Waals surface area contributed by atoms with Crippen LogP contribution in [0.2, 0.25) is 0 Å². The molecule has 0 spiro atoms. The molecule has 22 aromatic rings. The predicted molar refractivity (Wildman–Crippen MR) is 527 cm³/mol. The number of benzene rings is 22. The second kappa shape index (κ2) is 27.6. The van der Waals surface area contributed by atoms with Crippen molar-refractivity contribution in [3.8, 4) is 122 Å². The van der Waals surface area contributed by atoms with Gasteiger partial charge in [-0.05, 0) is 301 Å². The van der Waals surface area contributed by atoms with Gasteiger partial charge in [0.2, 0.25) is 0 Å². The highest BCUT2D eigenvalue weighted by atomic mass is 14.4. The second-order valence-corrected chi connectivity index (χ2v) is 36.0. The first-order chi connectivity index (χ1) is 60.3. The van der Waals surface area contributed by atoms with Crippen LogP contribution in [0.5, 0.6) is 0 Å². The van der Waals surface area contributed by atoms with Crippen molar-refractivity contribution in [2.45, 2.75) is 57.8 Å². The van der Waals surface area contributed by atoms with E-state index < -0.39 is 0 Å². The topological polar surface area (TPSA) is 0 Å². The lowest BCUT2D eigenvalue weighted by Gasteiger charge is -2.23. The van der Waals surface area contributed by atoms with Crippen LogP contribution in [-0.4, -0.2) is 0 Å². The van der Waals surface area contributed by atoms with Crippen molar-refractivity contribution in [3.05, 3.63) is 446 Å². The van der Waals surface area contributed by atoms with Crippen LogP contribution in [0, 0.1) is 0 Å². The highest BCUT2D eigenvalue weighted by Crippen LogP contribution is 2.57. The zero-order chi connectivity index (χ0) is 82.1.